The summed E-state index contributed by atoms with van der Waals surface area (Å²) >= 11 is 0. The van der Waals surface area contributed by atoms with Gasteiger partial charge in [-0.2, -0.15) is 0 Å². The molecule has 0 heterocycles. The lowest BCUT2D eigenvalue weighted by molar-refractivity contribution is -0.402. The van der Waals surface area contributed by atoms with Gasteiger partial charge in [-0.3, -0.25) is 10.1 Å². The lowest BCUT2D eigenvalue weighted by Crippen LogP contribution is -2.00. The number of carbonyl (C=O) groups is 1. The molecule has 0 aliphatic heterocycles. The molecule has 96 valence electrons. The van der Waals surface area contributed by atoms with E-state index in [4.69, 9.17) is 0 Å². The molecule has 0 aliphatic carbocycles. The van der Waals surface area contributed by atoms with Crippen LogP contribution in [0.1, 0.15) is 28.8 Å². The number of nitrogens with zero attached hydrogens (tertiary/aromatic N) is 1. The highest BCUT2D eigenvalue weighted by atomic mass is 16.6. The highest BCUT2D eigenvalue weighted by Gasteiger charge is 2.03. The summed E-state index contributed by atoms with van der Waals surface area (Å²) in [6.07, 6.45) is 4.83. The fourth-order valence-electron chi connectivity index (χ4n) is 1.51. The third-order valence-corrected chi connectivity index (χ3v) is 2.44. The fraction of sp³-hybridized carbons (Fsp3) is 0.308. The van der Waals surface area contributed by atoms with Gasteiger partial charge < -0.3 is 4.74 Å². The van der Waals surface area contributed by atoms with Crippen molar-refractivity contribution in [3.05, 3.63) is 57.8 Å². The highest BCUT2D eigenvalue weighted by Crippen LogP contribution is 2.09. The smallest absolute Gasteiger partial charge is 0.337 e. The van der Waals surface area contributed by atoms with E-state index in [-0.39, 0.29) is 5.97 Å². The second kappa shape index (κ2) is 7.21. The molecule has 5 nitrogen and oxygen atoms in total. The van der Waals surface area contributed by atoms with E-state index in [1.807, 2.05) is 12.1 Å². The Morgan fingerprint density at radius 2 is 2.06 bits per heavy atom. The van der Waals surface area contributed by atoms with E-state index in [1.54, 1.807) is 18.2 Å². The SMILES string of the molecule is COC(=O)c1ccc(CCCC=C[N+](=O)[O-])cc1. The number of unbranched alkanes of at least 4 members (excludes halogenated alkanes) is 1. The van der Waals surface area contributed by atoms with Crippen molar-refractivity contribution in [3.63, 3.8) is 0 Å². The second-order valence-corrected chi connectivity index (χ2v) is 3.75. The number of hydrogen-bond acceptors (Lipinski definition) is 4. The third-order valence-electron chi connectivity index (χ3n) is 2.44. The van der Waals surface area contributed by atoms with E-state index in [0.717, 1.165) is 24.6 Å². The van der Waals surface area contributed by atoms with Crippen molar-refractivity contribution in [2.45, 2.75) is 19.3 Å². The molecular weight excluding hydrogens is 234 g/mol. The van der Waals surface area contributed by atoms with Crippen molar-refractivity contribution in [1.82, 2.24) is 0 Å². The van der Waals surface area contributed by atoms with Gasteiger partial charge in [0.25, 0.3) is 0 Å². The summed E-state index contributed by atoms with van der Waals surface area (Å²) in [5.41, 5.74) is 1.62. The lowest BCUT2D eigenvalue weighted by atomic mass is 10.1. The fourth-order valence-corrected chi connectivity index (χ4v) is 1.51. The van der Waals surface area contributed by atoms with Gasteiger partial charge in [-0.05, 0) is 43.0 Å². The molecule has 0 spiro atoms. The maximum absolute atomic E-state index is 11.2. The summed E-state index contributed by atoms with van der Waals surface area (Å²) in [7, 11) is 1.35. The van der Waals surface area contributed by atoms with Crippen LogP contribution >= 0.6 is 0 Å². The highest BCUT2D eigenvalue weighted by molar-refractivity contribution is 5.89. The van der Waals surface area contributed by atoms with E-state index < -0.39 is 4.92 Å². The van der Waals surface area contributed by atoms with E-state index in [0.29, 0.717) is 12.0 Å². The van der Waals surface area contributed by atoms with Gasteiger partial charge in [0.15, 0.2) is 0 Å². The third kappa shape index (κ3) is 4.78. The van der Waals surface area contributed by atoms with Gasteiger partial charge in [0.2, 0.25) is 6.20 Å². The number of aryl methyl sites for hydroxylation is 1. The molecule has 5 heteroatoms. The molecule has 0 unspecified atom stereocenters. The first-order chi connectivity index (χ1) is 8.63. The zero-order chi connectivity index (χ0) is 13.4. The van der Waals surface area contributed by atoms with Gasteiger partial charge in [-0.25, -0.2) is 4.79 Å². The summed E-state index contributed by atoms with van der Waals surface area (Å²) in [5.74, 6) is -0.351. The summed E-state index contributed by atoms with van der Waals surface area (Å²) < 4.78 is 4.60. The lowest BCUT2D eigenvalue weighted by Gasteiger charge is -2.02. The molecule has 0 radical (unpaired) electrons. The zero-order valence-electron chi connectivity index (χ0n) is 10.2. The summed E-state index contributed by atoms with van der Waals surface area (Å²) in [5, 5.41) is 10.0. The van der Waals surface area contributed by atoms with Gasteiger partial charge in [-0.1, -0.05) is 12.1 Å². The maximum atomic E-state index is 11.2. The van der Waals surface area contributed by atoms with Crippen LogP contribution in [0.5, 0.6) is 0 Å². The quantitative estimate of drug-likeness (QED) is 0.336. The Morgan fingerprint density at radius 1 is 1.39 bits per heavy atom. The number of esters is 1. The predicted molar refractivity (Wildman–Crippen MR) is 66.9 cm³/mol. The van der Waals surface area contributed by atoms with Crippen molar-refractivity contribution >= 4 is 5.97 Å². The maximum Gasteiger partial charge on any atom is 0.337 e. The Labute approximate surface area is 105 Å². The minimum absolute atomic E-state index is 0.351. The molecule has 0 aromatic heterocycles. The van der Waals surface area contributed by atoms with E-state index in [9.17, 15) is 14.9 Å². The summed E-state index contributed by atoms with van der Waals surface area (Å²) in [4.78, 5) is 20.8. The number of ether oxygens (including phenoxy) is 1. The zero-order valence-corrected chi connectivity index (χ0v) is 10.2. The molecule has 0 aliphatic rings. The number of hydrogen-bond donors (Lipinski definition) is 0. The molecule has 0 saturated heterocycles. The Balaban J connectivity index is 2.40. The van der Waals surface area contributed by atoms with Crippen LogP contribution in [0.3, 0.4) is 0 Å². The van der Waals surface area contributed by atoms with Crippen molar-refractivity contribution in [3.8, 4) is 0 Å². The molecule has 1 aromatic carbocycles. The Bertz CT molecular complexity index is 437. The van der Waals surface area contributed by atoms with E-state index in [1.165, 1.54) is 7.11 Å². The molecule has 0 saturated carbocycles. The standard InChI is InChI=1S/C13H15NO4/c1-18-13(15)12-8-6-11(7-9-12)5-3-2-4-10-14(16)17/h4,6-10H,2-3,5H2,1H3. The number of benzene rings is 1. The Morgan fingerprint density at radius 3 is 2.61 bits per heavy atom. The number of nitro groups is 1. The van der Waals surface area contributed by atoms with Crippen LogP contribution < -0.4 is 0 Å². The first-order valence-corrected chi connectivity index (χ1v) is 5.61. The first kappa shape index (κ1) is 13.9. The van der Waals surface area contributed by atoms with E-state index >= 15 is 0 Å². The Kier molecular flexibility index (Phi) is 5.57. The summed E-state index contributed by atoms with van der Waals surface area (Å²) in [6.45, 7) is 0. The van der Waals surface area contributed by atoms with Crippen LogP contribution in [0.4, 0.5) is 0 Å². The number of allylic oxidation sites excluding steroid dienone is 1. The molecule has 0 amide bonds. The summed E-state index contributed by atoms with van der Waals surface area (Å²) in [6, 6.07) is 7.16. The van der Waals surface area contributed by atoms with Crippen LogP contribution in [-0.4, -0.2) is 18.0 Å². The molecule has 18 heavy (non-hydrogen) atoms. The van der Waals surface area contributed by atoms with Gasteiger partial charge in [-0.15, -0.1) is 0 Å². The minimum Gasteiger partial charge on any atom is -0.465 e. The van der Waals surface area contributed by atoms with Gasteiger partial charge >= 0.3 is 5.97 Å². The Hall–Kier alpha value is -2.17. The van der Waals surface area contributed by atoms with Crippen molar-refractivity contribution in [2.24, 2.45) is 0 Å². The molecule has 1 aromatic rings. The predicted octanol–water partition coefficient (Wildman–Crippen LogP) is 2.59. The molecular formula is C13H15NO4. The average Bonchev–Trinajstić information content (AvgIpc) is 2.38. The van der Waals surface area contributed by atoms with Crippen molar-refractivity contribution < 1.29 is 14.5 Å². The molecule has 0 N–H and O–H groups in total. The van der Waals surface area contributed by atoms with Gasteiger partial charge in [0.1, 0.15) is 0 Å². The molecule has 0 bridgehead atoms. The van der Waals surface area contributed by atoms with Crippen LogP contribution in [0.15, 0.2) is 36.5 Å². The van der Waals surface area contributed by atoms with Crippen molar-refractivity contribution in [1.29, 1.82) is 0 Å². The second-order valence-electron chi connectivity index (χ2n) is 3.75. The normalized spacial score (nSPS) is 10.5. The van der Waals surface area contributed by atoms with Gasteiger partial charge in [0, 0.05) is 0 Å². The average molecular weight is 249 g/mol. The topological polar surface area (TPSA) is 69.4 Å². The molecule has 0 fully saturated rings. The van der Waals surface area contributed by atoms with Crippen LogP contribution in [0.25, 0.3) is 0 Å². The van der Waals surface area contributed by atoms with E-state index in [2.05, 4.69) is 4.74 Å². The van der Waals surface area contributed by atoms with Gasteiger partial charge in [0.05, 0.1) is 17.6 Å². The van der Waals surface area contributed by atoms with Crippen LogP contribution in [-0.2, 0) is 11.2 Å². The number of methoxy groups -OCH3 is 1. The monoisotopic (exact) mass is 249 g/mol. The molecule has 0 atom stereocenters. The molecule has 1 rings (SSSR count). The number of carbonyl (C=O) groups excluding carboxylic acids is 1. The number of rotatable bonds is 6. The largest absolute Gasteiger partial charge is 0.465 e. The first-order valence-electron chi connectivity index (χ1n) is 5.61. The van der Waals surface area contributed by atoms with Crippen LogP contribution in [0, 0.1) is 10.1 Å². The van der Waals surface area contributed by atoms with Crippen LogP contribution in [0.2, 0.25) is 0 Å². The van der Waals surface area contributed by atoms with Crippen molar-refractivity contribution in [2.75, 3.05) is 7.11 Å². The minimum atomic E-state index is -0.467.